The summed E-state index contributed by atoms with van der Waals surface area (Å²) in [5, 5.41) is 3.63. The molecule has 3 atom stereocenters. The summed E-state index contributed by atoms with van der Waals surface area (Å²) < 4.78 is 0. The van der Waals surface area contributed by atoms with Crippen LogP contribution in [0.2, 0.25) is 0 Å². The predicted molar refractivity (Wildman–Crippen MR) is 59.5 cm³/mol. The maximum absolute atomic E-state index is 3.63. The van der Waals surface area contributed by atoms with Crippen LogP contribution in [0, 0.1) is 5.92 Å². The Balaban J connectivity index is 2.07. The van der Waals surface area contributed by atoms with Gasteiger partial charge in [-0.15, -0.1) is 0 Å². The van der Waals surface area contributed by atoms with E-state index in [2.05, 4.69) is 48.7 Å². The molecule has 72 valence electrons. The third-order valence-electron chi connectivity index (χ3n) is 3.49. The van der Waals surface area contributed by atoms with Gasteiger partial charge in [-0.05, 0) is 24.0 Å². The molecule has 1 aliphatic heterocycles. The normalized spacial score (nSPS) is 33.4. The zero-order valence-corrected chi connectivity index (χ0v) is 8.40. The summed E-state index contributed by atoms with van der Waals surface area (Å²) in [6.45, 7) is 2.33. The molecule has 1 aromatic rings. The van der Waals surface area contributed by atoms with Gasteiger partial charge in [-0.25, -0.2) is 0 Å². The number of hydrogen-bond acceptors (Lipinski definition) is 1. The molecule has 1 N–H and O–H groups in total. The van der Waals surface area contributed by atoms with Crippen molar-refractivity contribution in [2.24, 2.45) is 5.92 Å². The van der Waals surface area contributed by atoms with Crippen LogP contribution in [0.25, 0.3) is 0 Å². The van der Waals surface area contributed by atoms with Gasteiger partial charge in [0.15, 0.2) is 0 Å². The van der Waals surface area contributed by atoms with Crippen molar-refractivity contribution in [2.75, 3.05) is 5.32 Å². The highest BCUT2D eigenvalue weighted by Crippen LogP contribution is 2.42. The van der Waals surface area contributed by atoms with Crippen molar-refractivity contribution in [2.45, 2.75) is 25.3 Å². The van der Waals surface area contributed by atoms with Crippen molar-refractivity contribution in [1.29, 1.82) is 0 Å². The third kappa shape index (κ3) is 1.02. The third-order valence-corrected chi connectivity index (χ3v) is 3.49. The van der Waals surface area contributed by atoms with Crippen molar-refractivity contribution in [3.05, 3.63) is 42.0 Å². The zero-order chi connectivity index (χ0) is 9.54. The van der Waals surface area contributed by atoms with E-state index in [1.165, 1.54) is 17.7 Å². The lowest BCUT2D eigenvalue weighted by molar-refractivity contribution is 0.452. The van der Waals surface area contributed by atoms with Gasteiger partial charge in [0.1, 0.15) is 0 Å². The van der Waals surface area contributed by atoms with Crippen LogP contribution in [0.3, 0.4) is 0 Å². The molecule has 0 radical (unpaired) electrons. The first-order valence-electron chi connectivity index (χ1n) is 5.38. The molecule has 1 aromatic carbocycles. The van der Waals surface area contributed by atoms with Crippen molar-refractivity contribution in [1.82, 2.24) is 0 Å². The standard InChI is InChI=1S/C13H15N/c1-9-5-4-7-11-10-6-2-3-8-12(10)14-13(9)11/h2-4,6-9,11,13-14H,5H2,1H3. The van der Waals surface area contributed by atoms with E-state index in [0.29, 0.717) is 12.0 Å². The smallest absolute Gasteiger partial charge is 0.0393 e. The van der Waals surface area contributed by atoms with Gasteiger partial charge in [-0.1, -0.05) is 37.3 Å². The first kappa shape index (κ1) is 8.10. The molecule has 1 aliphatic carbocycles. The highest BCUT2D eigenvalue weighted by atomic mass is 15.0. The summed E-state index contributed by atoms with van der Waals surface area (Å²) >= 11 is 0. The summed E-state index contributed by atoms with van der Waals surface area (Å²) in [6.07, 6.45) is 5.90. The molecule has 1 nitrogen and oxygen atoms in total. The maximum atomic E-state index is 3.63. The molecule has 0 bridgehead atoms. The van der Waals surface area contributed by atoms with Crippen molar-refractivity contribution < 1.29 is 0 Å². The van der Waals surface area contributed by atoms with Crippen LogP contribution in [0.1, 0.15) is 24.8 Å². The summed E-state index contributed by atoms with van der Waals surface area (Å²) in [7, 11) is 0. The van der Waals surface area contributed by atoms with Gasteiger partial charge < -0.3 is 5.32 Å². The van der Waals surface area contributed by atoms with Crippen LogP contribution < -0.4 is 5.32 Å². The van der Waals surface area contributed by atoms with E-state index in [9.17, 15) is 0 Å². The number of para-hydroxylation sites is 1. The Morgan fingerprint density at radius 3 is 3.07 bits per heavy atom. The van der Waals surface area contributed by atoms with Gasteiger partial charge in [-0.3, -0.25) is 0 Å². The predicted octanol–water partition coefficient (Wildman–Crippen LogP) is 3.16. The number of rotatable bonds is 0. The number of allylic oxidation sites excluding steroid dienone is 1. The Hall–Kier alpha value is -1.24. The highest BCUT2D eigenvalue weighted by Gasteiger charge is 2.34. The summed E-state index contributed by atoms with van der Waals surface area (Å²) in [6, 6.07) is 9.30. The summed E-state index contributed by atoms with van der Waals surface area (Å²) in [4.78, 5) is 0. The molecule has 3 unspecified atom stereocenters. The SMILES string of the molecule is CC1CC=CC2c3ccccc3NC12. The fourth-order valence-corrected chi connectivity index (χ4v) is 2.69. The van der Waals surface area contributed by atoms with Crippen LogP contribution in [0.4, 0.5) is 5.69 Å². The molecular formula is C13H15N. The largest absolute Gasteiger partial charge is 0.381 e. The number of anilines is 1. The number of nitrogens with one attached hydrogen (secondary N) is 1. The monoisotopic (exact) mass is 185 g/mol. The van der Waals surface area contributed by atoms with Gasteiger partial charge in [0.25, 0.3) is 0 Å². The Labute approximate surface area is 84.8 Å². The summed E-state index contributed by atoms with van der Waals surface area (Å²) in [5.41, 5.74) is 2.81. The maximum Gasteiger partial charge on any atom is 0.0393 e. The van der Waals surface area contributed by atoms with E-state index < -0.39 is 0 Å². The van der Waals surface area contributed by atoms with Crippen LogP contribution >= 0.6 is 0 Å². The molecule has 0 saturated heterocycles. The van der Waals surface area contributed by atoms with Gasteiger partial charge in [0.2, 0.25) is 0 Å². The van der Waals surface area contributed by atoms with Gasteiger partial charge in [0.05, 0.1) is 0 Å². The van der Waals surface area contributed by atoms with E-state index in [1.807, 2.05) is 0 Å². The fourth-order valence-electron chi connectivity index (χ4n) is 2.69. The highest BCUT2D eigenvalue weighted by molar-refractivity contribution is 5.61. The van der Waals surface area contributed by atoms with Gasteiger partial charge >= 0.3 is 0 Å². The summed E-state index contributed by atoms with van der Waals surface area (Å²) in [5.74, 6) is 1.35. The molecule has 3 rings (SSSR count). The van der Waals surface area contributed by atoms with Crippen LogP contribution in [-0.4, -0.2) is 6.04 Å². The molecule has 0 amide bonds. The van der Waals surface area contributed by atoms with E-state index in [4.69, 9.17) is 0 Å². The fraction of sp³-hybridized carbons (Fsp3) is 0.385. The molecule has 0 fully saturated rings. The molecule has 0 spiro atoms. The molecule has 0 saturated carbocycles. The first-order chi connectivity index (χ1) is 6.86. The van der Waals surface area contributed by atoms with Crippen molar-refractivity contribution >= 4 is 5.69 Å². The van der Waals surface area contributed by atoms with E-state index in [0.717, 1.165) is 5.92 Å². The van der Waals surface area contributed by atoms with Crippen LogP contribution in [-0.2, 0) is 0 Å². The lowest BCUT2D eigenvalue weighted by Gasteiger charge is -2.27. The van der Waals surface area contributed by atoms with E-state index in [-0.39, 0.29) is 0 Å². The minimum absolute atomic E-state index is 0.606. The lowest BCUT2D eigenvalue weighted by atomic mass is 9.81. The number of hydrogen-bond donors (Lipinski definition) is 1. The van der Waals surface area contributed by atoms with Crippen LogP contribution in [0.5, 0.6) is 0 Å². The second kappa shape index (κ2) is 2.88. The topological polar surface area (TPSA) is 12.0 Å². The quantitative estimate of drug-likeness (QED) is 0.612. The van der Waals surface area contributed by atoms with E-state index >= 15 is 0 Å². The molecule has 2 aliphatic rings. The zero-order valence-electron chi connectivity index (χ0n) is 8.40. The second-order valence-corrected chi connectivity index (χ2v) is 4.42. The first-order valence-corrected chi connectivity index (χ1v) is 5.38. The minimum Gasteiger partial charge on any atom is -0.381 e. The van der Waals surface area contributed by atoms with Crippen molar-refractivity contribution in [3.63, 3.8) is 0 Å². The van der Waals surface area contributed by atoms with Gasteiger partial charge in [0, 0.05) is 17.6 Å². The average molecular weight is 185 g/mol. The lowest BCUT2D eigenvalue weighted by Crippen LogP contribution is -2.29. The van der Waals surface area contributed by atoms with Crippen molar-refractivity contribution in [3.8, 4) is 0 Å². The van der Waals surface area contributed by atoms with E-state index in [1.54, 1.807) is 0 Å². The second-order valence-electron chi connectivity index (χ2n) is 4.42. The average Bonchev–Trinajstić information content (AvgIpc) is 2.59. The number of benzene rings is 1. The minimum atomic E-state index is 0.606. The Kier molecular flexibility index (Phi) is 1.66. The van der Waals surface area contributed by atoms with Gasteiger partial charge in [-0.2, -0.15) is 0 Å². The Morgan fingerprint density at radius 1 is 1.29 bits per heavy atom. The molecule has 1 heterocycles. The number of fused-ring (bicyclic) bond motifs is 3. The molecule has 1 heteroatoms. The Bertz CT molecular complexity index is 381. The Morgan fingerprint density at radius 2 is 2.14 bits per heavy atom. The molecular weight excluding hydrogens is 170 g/mol. The molecule has 14 heavy (non-hydrogen) atoms. The molecule has 0 aromatic heterocycles. The van der Waals surface area contributed by atoms with Crippen LogP contribution in [0.15, 0.2) is 36.4 Å².